The molecular weight excluding hydrogens is 324 g/mol. The van der Waals surface area contributed by atoms with Crippen LogP contribution in [0.25, 0.3) is 16.9 Å². The molecule has 0 aliphatic rings. The van der Waals surface area contributed by atoms with Crippen LogP contribution in [0.2, 0.25) is 0 Å². The molecule has 0 unspecified atom stereocenters. The molecule has 0 atom stereocenters. The van der Waals surface area contributed by atoms with Crippen LogP contribution in [-0.4, -0.2) is 26.2 Å². The van der Waals surface area contributed by atoms with Crippen molar-refractivity contribution in [2.24, 2.45) is 0 Å². The van der Waals surface area contributed by atoms with Crippen molar-refractivity contribution in [2.75, 3.05) is 6.61 Å². The Balaban J connectivity index is 2.26. The molecule has 24 heavy (non-hydrogen) atoms. The number of aromatic nitrogens is 4. The van der Waals surface area contributed by atoms with E-state index >= 15 is 0 Å². The fourth-order valence-corrected chi connectivity index (χ4v) is 2.93. The minimum atomic E-state index is -0.209. The van der Waals surface area contributed by atoms with E-state index in [1.807, 2.05) is 32.0 Å². The van der Waals surface area contributed by atoms with Gasteiger partial charge in [0, 0.05) is 11.3 Å². The number of fused-ring (bicyclic) bond motifs is 1. The van der Waals surface area contributed by atoms with Gasteiger partial charge in [0.1, 0.15) is 11.6 Å². The number of nitrogens with one attached hydrogen (secondary N) is 1. The van der Waals surface area contributed by atoms with E-state index in [4.69, 9.17) is 4.74 Å². The highest BCUT2D eigenvalue weighted by Crippen LogP contribution is 2.29. The van der Waals surface area contributed by atoms with Crippen molar-refractivity contribution < 1.29 is 4.74 Å². The van der Waals surface area contributed by atoms with Crippen molar-refractivity contribution in [1.29, 1.82) is 0 Å². The van der Waals surface area contributed by atoms with E-state index in [0.717, 1.165) is 23.6 Å². The van der Waals surface area contributed by atoms with Crippen LogP contribution < -0.4 is 10.3 Å². The molecule has 2 heterocycles. The minimum absolute atomic E-state index is 0.209. The lowest BCUT2D eigenvalue weighted by molar-refractivity contribution is 0.341. The average molecular weight is 344 g/mol. The maximum atomic E-state index is 12.5. The normalized spacial score (nSPS) is 11.2. The lowest BCUT2D eigenvalue weighted by atomic mass is 10.2. The third kappa shape index (κ3) is 2.91. The Kier molecular flexibility index (Phi) is 4.62. The van der Waals surface area contributed by atoms with Gasteiger partial charge < -0.3 is 9.72 Å². The Morgan fingerprint density at radius 2 is 2.12 bits per heavy atom. The topological polar surface area (TPSA) is 72.3 Å². The van der Waals surface area contributed by atoms with Gasteiger partial charge in [-0.2, -0.15) is 0 Å². The van der Waals surface area contributed by atoms with Gasteiger partial charge in [-0.3, -0.25) is 4.79 Å². The van der Waals surface area contributed by atoms with Crippen LogP contribution in [0.5, 0.6) is 5.75 Å². The van der Waals surface area contributed by atoms with Crippen molar-refractivity contribution >= 4 is 18.1 Å². The predicted molar refractivity (Wildman–Crippen MR) is 96.2 cm³/mol. The Bertz CT molecular complexity index is 946. The predicted octanol–water partition coefficient (Wildman–Crippen LogP) is 3.03. The number of benzene rings is 1. The molecule has 2 aromatic heterocycles. The second-order valence-corrected chi connectivity index (χ2v) is 6.06. The highest BCUT2D eigenvalue weighted by molar-refractivity contribution is 7.80. The quantitative estimate of drug-likeness (QED) is 0.698. The Hall–Kier alpha value is -2.28. The zero-order valence-corrected chi connectivity index (χ0v) is 14.9. The molecule has 3 aromatic rings. The molecule has 0 spiro atoms. The molecular formula is C17H20N4O2S. The number of aryl methyl sites for hydroxylation is 2. The average Bonchev–Trinajstić information content (AvgIpc) is 2.86. The summed E-state index contributed by atoms with van der Waals surface area (Å²) < 4.78 is 7.31. The van der Waals surface area contributed by atoms with E-state index in [0.29, 0.717) is 35.0 Å². The standard InChI is InChI=1S/C17H20N4O2S/c1-4-6-14-18-10(3)15-17(22)19-16(20-21(14)15)12-9-11(24)7-8-13(12)23-5-2/h7-9,24H,4-6H2,1-3H3,(H,19,20,22). The van der Waals surface area contributed by atoms with E-state index in [-0.39, 0.29) is 5.56 Å². The molecule has 0 saturated heterocycles. The number of nitrogens with zero attached hydrogens (tertiary/aromatic N) is 3. The lowest BCUT2D eigenvalue weighted by Crippen LogP contribution is -2.15. The van der Waals surface area contributed by atoms with Gasteiger partial charge in [0.15, 0.2) is 11.3 Å². The maximum Gasteiger partial charge on any atom is 0.277 e. The summed E-state index contributed by atoms with van der Waals surface area (Å²) >= 11 is 4.38. The SMILES string of the molecule is CCCc1nc(C)c2c(=O)[nH]c(-c3cc(S)ccc3OCC)nn12. The highest BCUT2D eigenvalue weighted by Gasteiger charge is 2.16. The Labute approximate surface area is 145 Å². The van der Waals surface area contributed by atoms with Gasteiger partial charge in [0.2, 0.25) is 0 Å². The Morgan fingerprint density at radius 1 is 1.33 bits per heavy atom. The van der Waals surface area contributed by atoms with E-state index in [1.165, 1.54) is 0 Å². The smallest absolute Gasteiger partial charge is 0.277 e. The summed E-state index contributed by atoms with van der Waals surface area (Å²) in [5, 5.41) is 4.61. The minimum Gasteiger partial charge on any atom is -0.493 e. The first-order valence-electron chi connectivity index (χ1n) is 7.99. The third-order valence-corrected chi connectivity index (χ3v) is 4.01. The van der Waals surface area contributed by atoms with E-state index < -0.39 is 0 Å². The van der Waals surface area contributed by atoms with Crippen molar-refractivity contribution in [3.8, 4) is 17.1 Å². The van der Waals surface area contributed by atoms with Crippen LogP contribution in [-0.2, 0) is 6.42 Å². The molecule has 0 aliphatic carbocycles. The van der Waals surface area contributed by atoms with E-state index in [2.05, 4.69) is 34.6 Å². The van der Waals surface area contributed by atoms with Crippen LogP contribution in [0, 0.1) is 6.92 Å². The zero-order valence-electron chi connectivity index (χ0n) is 14.0. The molecule has 6 nitrogen and oxygen atoms in total. The molecule has 0 radical (unpaired) electrons. The van der Waals surface area contributed by atoms with Crippen molar-refractivity contribution in [3.63, 3.8) is 0 Å². The van der Waals surface area contributed by atoms with Gasteiger partial charge in [-0.15, -0.1) is 17.7 Å². The second-order valence-electron chi connectivity index (χ2n) is 5.54. The Morgan fingerprint density at radius 3 is 2.83 bits per heavy atom. The summed E-state index contributed by atoms with van der Waals surface area (Å²) in [5.74, 6) is 1.89. The first-order valence-corrected chi connectivity index (χ1v) is 8.44. The summed E-state index contributed by atoms with van der Waals surface area (Å²) in [5.41, 5.74) is 1.67. The highest BCUT2D eigenvalue weighted by atomic mass is 32.1. The maximum absolute atomic E-state index is 12.5. The monoisotopic (exact) mass is 344 g/mol. The van der Waals surface area contributed by atoms with E-state index in [1.54, 1.807) is 4.52 Å². The van der Waals surface area contributed by atoms with Gasteiger partial charge in [-0.1, -0.05) is 6.92 Å². The molecule has 0 saturated carbocycles. The van der Waals surface area contributed by atoms with Gasteiger partial charge >= 0.3 is 0 Å². The van der Waals surface area contributed by atoms with Crippen LogP contribution >= 0.6 is 12.6 Å². The molecule has 1 aromatic carbocycles. The van der Waals surface area contributed by atoms with Crippen LogP contribution in [0.3, 0.4) is 0 Å². The number of H-pyrrole nitrogens is 1. The molecule has 0 amide bonds. The number of aromatic amines is 1. The molecule has 0 fully saturated rings. The molecule has 126 valence electrons. The molecule has 7 heteroatoms. The van der Waals surface area contributed by atoms with Gasteiger partial charge in [0.05, 0.1) is 17.9 Å². The zero-order chi connectivity index (χ0) is 17.3. The van der Waals surface area contributed by atoms with Gasteiger partial charge in [-0.05, 0) is 38.5 Å². The number of rotatable bonds is 5. The van der Waals surface area contributed by atoms with E-state index in [9.17, 15) is 4.79 Å². The van der Waals surface area contributed by atoms with Crippen LogP contribution in [0.4, 0.5) is 0 Å². The van der Waals surface area contributed by atoms with Crippen molar-refractivity contribution in [2.45, 2.75) is 38.5 Å². The molecule has 3 rings (SSSR count). The summed E-state index contributed by atoms with van der Waals surface area (Å²) in [7, 11) is 0. The fraction of sp³-hybridized carbons (Fsp3) is 0.353. The largest absolute Gasteiger partial charge is 0.493 e. The summed E-state index contributed by atoms with van der Waals surface area (Å²) in [4.78, 5) is 20.7. The summed E-state index contributed by atoms with van der Waals surface area (Å²) in [6.45, 7) is 6.33. The van der Waals surface area contributed by atoms with Crippen molar-refractivity contribution in [3.05, 3.63) is 40.1 Å². The summed E-state index contributed by atoms with van der Waals surface area (Å²) in [6, 6.07) is 5.51. The molecule has 0 bridgehead atoms. The fourth-order valence-electron chi connectivity index (χ4n) is 2.73. The van der Waals surface area contributed by atoms with Gasteiger partial charge in [-0.25, -0.2) is 9.50 Å². The number of imidazole rings is 1. The number of thiol groups is 1. The van der Waals surface area contributed by atoms with Crippen LogP contribution in [0.1, 0.15) is 31.8 Å². The summed E-state index contributed by atoms with van der Waals surface area (Å²) in [6.07, 6.45) is 1.69. The molecule has 0 aliphatic heterocycles. The first-order chi connectivity index (χ1) is 11.5. The molecule has 1 N–H and O–H groups in total. The number of hydrogen-bond acceptors (Lipinski definition) is 5. The lowest BCUT2D eigenvalue weighted by Gasteiger charge is -2.10. The van der Waals surface area contributed by atoms with Crippen LogP contribution in [0.15, 0.2) is 27.9 Å². The second kappa shape index (κ2) is 6.68. The third-order valence-electron chi connectivity index (χ3n) is 3.73. The van der Waals surface area contributed by atoms with Gasteiger partial charge in [0.25, 0.3) is 5.56 Å². The number of hydrogen-bond donors (Lipinski definition) is 2. The first kappa shape index (κ1) is 16.6. The van der Waals surface area contributed by atoms with Crippen molar-refractivity contribution in [1.82, 2.24) is 19.6 Å². The number of ether oxygens (including phenoxy) is 1.